The zero-order chi connectivity index (χ0) is 12.3. The summed E-state index contributed by atoms with van der Waals surface area (Å²) in [5.74, 6) is 5.16. The van der Waals surface area contributed by atoms with Crippen molar-refractivity contribution in [1.82, 2.24) is 4.98 Å². The third kappa shape index (κ3) is 3.27. The van der Waals surface area contributed by atoms with Crippen molar-refractivity contribution in [2.45, 2.75) is 26.1 Å². The van der Waals surface area contributed by atoms with Crippen LogP contribution in [0.5, 0.6) is 0 Å². The second kappa shape index (κ2) is 4.56. The number of alkyl halides is 3. The minimum absolute atomic E-state index is 0.0124. The fraction of sp³-hybridized carbons (Fsp3) is 0.444. The summed E-state index contributed by atoms with van der Waals surface area (Å²) in [6.07, 6.45) is -4.41. The van der Waals surface area contributed by atoms with Gasteiger partial charge in [-0.1, -0.05) is 0 Å². The third-order valence-electron chi connectivity index (χ3n) is 1.74. The van der Waals surface area contributed by atoms with Crippen molar-refractivity contribution in [3.63, 3.8) is 0 Å². The minimum Gasteiger partial charge on any atom is -0.368 e. The van der Waals surface area contributed by atoms with Crippen LogP contribution < -0.4 is 16.6 Å². The van der Waals surface area contributed by atoms with Gasteiger partial charge in [0.2, 0.25) is 0 Å². The zero-order valence-corrected chi connectivity index (χ0v) is 8.89. The first-order valence-electron chi connectivity index (χ1n) is 4.65. The number of nitrogens with two attached hydrogens (primary N) is 1. The van der Waals surface area contributed by atoms with Gasteiger partial charge in [0.1, 0.15) is 11.6 Å². The molecule has 1 aromatic heterocycles. The molecular weight excluding hydrogens is 221 g/mol. The summed E-state index contributed by atoms with van der Waals surface area (Å²) < 4.78 is 37.5. The Hall–Kier alpha value is -1.50. The SMILES string of the molecule is CC(C)Nc1cc(C(F)(F)F)cc(NN)n1. The lowest BCUT2D eigenvalue weighted by molar-refractivity contribution is -0.137. The Bertz CT molecular complexity index is 362. The topological polar surface area (TPSA) is 63.0 Å². The molecule has 4 nitrogen and oxygen atoms in total. The third-order valence-corrected chi connectivity index (χ3v) is 1.74. The number of anilines is 2. The van der Waals surface area contributed by atoms with Gasteiger partial charge in [-0.25, -0.2) is 10.8 Å². The number of aromatic nitrogens is 1. The molecule has 0 radical (unpaired) electrons. The number of hydrazine groups is 1. The first-order chi connectivity index (χ1) is 7.32. The van der Waals surface area contributed by atoms with Gasteiger partial charge in [0.25, 0.3) is 0 Å². The lowest BCUT2D eigenvalue weighted by Crippen LogP contribution is -2.16. The van der Waals surface area contributed by atoms with Crippen molar-refractivity contribution in [3.05, 3.63) is 17.7 Å². The average Bonchev–Trinajstić information content (AvgIpc) is 2.14. The smallest absolute Gasteiger partial charge is 0.368 e. The van der Waals surface area contributed by atoms with Crippen LogP contribution in [0.4, 0.5) is 24.8 Å². The molecule has 1 aromatic rings. The molecule has 16 heavy (non-hydrogen) atoms. The Morgan fingerprint density at radius 2 is 1.81 bits per heavy atom. The monoisotopic (exact) mass is 234 g/mol. The molecule has 0 saturated carbocycles. The van der Waals surface area contributed by atoms with Crippen LogP contribution in [0.1, 0.15) is 19.4 Å². The maximum absolute atomic E-state index is 12.5. The van der Waals surface area contributed by atoms with Gasteiger partial charge >= 0.3 is 6.18 Å². The van der Waals surface area contributed by atoms with Gasteiger partial charge in [0.05, 0.1) is 5.56 Å². The van der Waals surface area contributed by atoms with Crippen LogP contribution in [-0.4, -0.2) is 11.0 Å². The highest BCUT2D eigenvalue weighted by Gasteiger charge is 2.31. The van der Waals surface area contributed by atoms with E-state index in [0.717, 1.165) is 12.1 Å². The normalized spacial score (nSPS) is 11.7. The second-order valence-corrected chi connectivity index (χ2v) is 3.57. The first-order valence-corrected chi connectivity index (χ1v) is 4.65. The van der Waals surface area contributed by atoms with Gasteiger partial charge in [-0.2, -0.15) is 13.2 Å². The summed E-state index contributed by atoms with van der Waals surface area (Å²) in [6, 6.07) is 1.79. The maximum Gasteiger partial charge on any atom is 0.416 e. The quantitative estimate of drug-likeness (QED) is 0.554. The fourth-order valence-electron chi connectivity index (χ4n) is 1.14. The van der Waals surface area contributed by atoms with Crippen molar-refractivity contribution < 1.29 is 13.2 Å². The fourth-order valence-corrected chi connectivity index (χ4v) is 1.14. The molecule has 0 aliphatic rings. The Kier molecular flexibility index (Phi) is 3.58. The Morgan fingerprint density at radius 1 is 1.25 bits per heavy atom. The van der Waals surface area contributed by atoms with Crippen molar-refractivity contribution in [3.8, 4) is 0 Å². The molecule has 0 fully saturated rings. The number of nitrogen functional groups attached to an aromatic ring is 1. The molecule has 0 amide bonds. The van der Waals surface area contributed by atoms with E-state index in [1.807, 2.05) is 0 Å². The molecule has 1 heterocycles. The molecule has 0 unspecified atom stereocenters. The number of nitrogens with one attached hydrogen (secondary N) is 2. The lowest BCUT2D eigenvalue weighted by Gasteiger charge is -2.14. The second-order valence-electron chi connectivity index (χ2n) is 3.57. The molecule has 4 N–H and O–H groups in total. The average molecular weight is 234 g/mol. The van der Waals surface area contributed by atoms with Crippen LogP contribution in [0.15, 0.2) is 12.1 Å². The van der Waals surface area contributed by atoms with E-state index in [1.165, 1.54) is 0 Å². The van der Waals surface area contributed by atoms with Crippen LogP contribution in [0.25, 0.3) is 0 Å². The summed E-state index contributed by atoms with van der Waals surface area (Å²) in [5.41, 5.74) is 1.31. The molecule has 1 rings (SSSR count). The van der Waals surface area contributed by atoms with Crippen molar-refractivity contribution in [2.24, 2.45) is 5.84 Å². The van der Waals surface area contributed by atoms with E-state index in [4.69, 9.17) is 5.84 Å². The van der Waals surface area contributed by atoms with E-state index in [0.29, 0.717) is 0 Å². The molecule has 90 valence electrons. The van der Waals surface area contributed by atoms with Crippen LogP contribution in [0.2, 0.25) is 0 Å². The number of rotatable bonds is 3. The predicted molar refractivity (Wildman–Crippen MR) is 55.8 cm³/mol. The molecular formula is C9H13F3N4. The number of pyridine rings is 1. The largest absolute Gasteiger partial charge is 0.416 e. The summed E-state index contributed by atoms with van der Waals surface area (Å²) in [4.78, 5) is 3.86. The van der Waals surface area contributed by atoms with Gasteiger partial charge < -0.3 is 10.7 Å². The highest BCUT2D eigenvalue weighted by Crippen LogP contribution is 2.31. The Morgan fingerprint density at radius 3 is 2.25 bits per heavy atom. The van der Waals surface area contributed by atoms with Gasteiger partial charge in [-0.05, 0) is 26.0 Å². The van der Waals surface area contributed by atoms with E-state index in [1.54, 1.807) is 13.8 Å². The summed E-state index contributed by atoms with van der Waals surface area (Å²) in [5, 5.41) is 2.79. The van der Waals surface area contributed by atoms with Crippen LogP contribution in [0, 0.1) is 0 Å². The number of halogens is 3. The van der Waals surface area contributed by atoms with Crippen LogP contribution >= 0.6 is 0 Å². The first kappa shape index (κ1) is 12.6. The number of nitrogens with zero attached hydrogens (tertiary/aromatic N) is 1. The highest BCUT2D eigenvalue weighted by atomic mass is 19.4. The van der Waals surface area contributed by atoms with Crippen molar-refractivity contribution in [2.75, 3.05) is 10.7 Å². The van der Waals surface area contributed by atoms with Crippen molar-refractivity contribution >= 4 is 11.6 Å². The molecule has 7 heteroatoms. The van der Waals surface area contributed by atoms with E-state index >= 15 is 0 Å². The highest BCUT2D eigenvalue weighted by molar-refractivity contribution is 5.49. The van der Waals surface area contributed by atoms with E-state index < -0.39 is 11.7 Å². The predicted octanol–water partition coefficient (Wildman–Crippen LogP) is 2.21. The van der Waals surface area contributed by atoms with Gasteiger partial charge in [-0.15, -0.1) is 0 Å². The molecule has 0 bridgehead atoms. The molecule has 0 spiro atoms. The summed E-state index contributed by atoms with van der Waals surface area (Å²) >= 11 is 0. The maximum atomic E-state index is 12.5. The molecule has 0 saturated heterocycles. The molecule has 0 aliphatic carbocycles. The summed E-state index contributed by atoms with van der Waals surface area (Å²) in [6.45, 7) is 3.61. The van der Waals surface area contributed by atoms with Gasteiger partial charge in [-0.3, -0.25) is 0 Å². The van der Waals surface area contributed by atoms with Gasteiger partial charge in [0, 0.05) is 6.04 Å². The summed E-state index contributed by atoms with van der Waals surface area (Å²) in [7, 11) is 0. The number of hydrogen-bond acceptors (Lipinski definition) is 4. The van der Waals surface area contributed by atoms with E-state index in [9.17, 15) is 13.2 Å². The van der Waals surface area contributed by atoms with E-state index in [-0.39, 0.29) is 17.7 Å². The minimum atomic E-state index is -4.41. The van der Waals surface area contributed by atoms with Crippen LogP contribution in [0.3, 0.4) is 0 Å². The zero-order valence-electron chi connectivity index (χ0n) is 8.89. The van der Waals surface area contributed by atoms with Crippen LogP contribution in [-0.2, 0) is 6.18 Å². The Balaban J connectivity index is 3.11. The Labute approximate surface area is 91.0 Å². The standard InChI is InChI=1S/C9H13F3N4/c1-5(2)14-7-3-6(9(10,11)12)4-8(15-7)16-13/h3-5H,13H2,1-2H3,(H2,14,15,16). The molecule has 0 atom stereocenters. The molecule has 0 aromatic carbocycles. The van der Waals surface area contributed by atoms with Crippen molar-refractivity contribution in [1.29, 1.82) is 0 Å². The molecule has 0 aliphatic heterocycles. The van der Waals surface area contributed by atoms with E-state index in [2.05, 4.69) is 15.7 Å². The van der Waals surface area contributed by atoms with Gasteiger partial charge in [0.15, 0.2) is 0 Å². The lowest BCUT2D eigenvalue weighted by atomic mass is 10.2. The number of hydrogen-bond donors (Lipinski definition) is 3.